The van der Waals surface area contributed by atoms with E-state index in [1.165, 1.54) is 56.1 Å². The first-order chi connectivity index (χ1) is 13.7. The second-order valence-corrected chi connectivity index (χ2v) is 12.0. The van der Waals surface area contributed by atoms with Gasteiger partial charge >= 0.3 is 0 Å². The number of rotatable bonds is 5. The lowest BCUT2D eigenvalue weighted by Gasteiger charge is -2.58. The van der Waals surface area contributed by atoms with Gasteiger partial charge in [-0.05, 0) is 97.7 Å². The van der Waals surface area contributed by atoms with Gasteiger partial charge in [-0.2, -0.15) is 0 Å². The second kappa shape index (κ2) is 7.69. The van der Waals surface area contributed by atoms with Crippen LogP contribution in [0.2, 0.25) is 0 Å². The number of fused-ring (bicyclic) bond motifs is 5. The molecule has 0 unspecified atom stereocenters. The van der Waals surface area contributed by atoms with E-state index in [0.29, 0.717) is 22.5 Å². The molecule has 0 heterocycles. The van der Waals surface area contributed by atoms with Gasteiger partial charge in [0.25, 0.3) is 0 Å². The van der Waals surface area contributed by atoms with Crippen molar-refractivity contribution in [3.05, 3.63) is 23.8 Å². The van der Waals surface area contributed by atoms with Crippen LogP contribution in [0.4, 0.5) is 0 Å². The van der Waals surface area contributed by atoms with Crippen molar-refractivity contribution in [3.8, 4) is 0 Å². The Morgan fingerprint density at radius 3 is 2.62 bits per heavy atom. The summed E-state index contributed by atoms with van der Waals surface area (Å²) in [6, 6.07) is 0. The maximum absolute atomic E-state index is 12.1. The average Bonchev–Trinajstić information content (AvgIpc) is 3.03. The Labute approximate surface area is 179 Å². The maximum Gasteiger partial charge on any atom is 0.136 e. The van der Waals surface area contributed by atoms with Gasteiger partial charge in [-0.1, -0.05) is 58.4 Å². The number of carbonyl (C=O) groups is 1. The number of hydrogen-bond donors (Lipinski definition) is 0. The van der Waals surface area contributed by atoms with Gasteiger partial charge < -0.3 is 0 Å². The van der Waals surface area contributed by atoms with Crippen molar-refractivity contribution in [1.29, 1.82) is 0 Å². The Morgan fingerprint density at radius 1 is 1.14 bits per heavy atom. The molecule has 0 aromatic heterocycles. The van der Waals surface area contributed by atoms with Gasteiger partial charge in [-0.15, -0.1) is 0 Å². The normalized spacial score (nSPS) is 42.7. The number of allylic oxidation sites excluding steroid dienone is 3. The van der Waals surface area contributed by atoms with Crippen molar-refractivity contribution >= 4 is 5.78 Å². The largest absolute Gasteiger partial charge is 0.299 e. The lowest BCUT2D eigenvalue weighted by Crippen LogP contribution is -2.50. The summed E-state index contributed by atoms with van der Waals surface area (Å²) >= 11 is 0. The van der Waals surface area contributed by atoms with E-state index < -0.39 is 0 Å². The van der Waals surface area contributed by atoms with Gasteiger partial charge in [0, 0.05) is 12.8 Å². The Balaban J connectivity index is 1.50. The number of Topliss-reactive ketones (excluding diaryl/α,β-unsaturated/α-hetero) is 1. The molecular weight excluding hydrogens is 352 g/mol. The summed E-state index contributed by atoms with van der Waals surface area (Å²) in [6.45, 7) is 16.6. The van der Waals surface area contributed by atoms with Gasteiger partial charge in [-0.3, -0.25) is 4.79 Å². The van der Waals surface area contributed by atoms with Gasteiger partial charge in [0.05, 0.1) is 0 Å². The zero-order valence-electron chi connectivity index (χ0n) is 19.7. The summed E-state index contributed by atoms with van der Waals surface area (Å²) in [5.74, 6) is 5.38. The van der Waals surface area contributed by atoms with Crippen LogP contribution in [0.1, 0.15) is 98.8 Å². The Morgan fingerprint density at radius 2 is 1.90 bits per heavy atom. The van der Waals surface area contributed by atoms with Crippen molar-refractivity contribution < 1.29 is 4.79 Å². The average molecular weight is 397 g/mol. The number of ketones is 1. The topological polar surface area (TPSA) is 17.1 Å². The fourth-order valence-corrected chi connectivity index (χ4v) is 8.36. The standard InChI is InChI=1S/C28H44O/c1-18(2)19(3)7-8-20(4)24-11-12-25-23-10-9-21-17-22(29)13-15-27(21,5)26(23)14-16-28(24,25)6/h9,18,20,23-26H,3,7-8,10-17H2,1-2,4-6H3/t20-,23+,24-,25+,26+,27+,28-/m1/s1. The van der Waals surface area contributed by atoms with E-state index in [2.05, 4.69) is 47.3 Å². The summed E-state index contributed by atoms with van der Waals surface area (Å²) in [7, 11) is 0. The number of carbonyl (C=O) groups excluding carboxylic acids is 1. The van der Waals surface area contributed by atoms with Crippen LogP contribution < -0.4 is 0 Å². The van der Waals surface area contributed by atoms with Crippen molar-refractivity contribution in [2.45, 2.75) is 98.8 Å². The molecule has 0 aromatic carbocycles. The Hall–Kier alpha value is -0.850. The zero-order valence-corrected chi connectivity index (χ0v) is 19.7. The van der Waals surface area contributed by atoms with Crippen molar-refractivity contribution in [1.82, 2.24) is 0 Å². The predicted molar refractivity (Wildman–Crippen MR) is 123 cm³/mol. The van der Waals surface area contributed by atoms with E-state index in [-0.39, 0.29) is 0 Å². The van der Waals surface area contributed by atoms with Gasteiger partial charge in [-0.25, -0.2) is 0 Å². The van der Waals surface area contributed by atoms with Gasteiger partial charge in [0.15, 0.2) is 0 Å². The Bertz CT molecular complexity index is 699. The van der Waals surface area contributed by atoms with E-state index in [1.807, 2.05) is 0 Å². The molecule has 162 valence electrons. The molecule has 0 radical (unpaired) electrons. The molecule has 4 rings (SSSR count). The van der Waals surface area contributed by atoms with Crippen molar-refractivity contribution in [2.75, 3.05) is 0 Å². The predicted octanol–water partition coefficient (Wildman–Crippen LogP) is 7.76. The van der Waals surface area contributed by atoms with E-state index in [0.717, 1.165) is 48.9 Å². The van der Waals surface area contributed by atoms with Crippen LogP contribution in [-0.4, -0.2) is 5.78 Å². The maximum atomic E-state index is 12.1. The molecule has 0 amide bonds. The molecule has 0 bridgehead atoms. The molecular formula is C28H44O. The fraction of sp³-hybridized carbons (Fsp3) is 0.821. The summed E-state index contributed by atoms with van der Waals surface area (Å²) in [5, 5.41) is 0. The summed E-state index contributed by atoms with van der Waals surface area (Å²) < 4.78 is 0. The summed E-state index contributed by atoms with van der Waals surface area (Å²) in [5.41, 5.74) is 3.79. The highest BCUT2D eigenvalue weighted by molar-refractivity contribution is 5.82. The zero-order chi connectivity index (χ0) is 21.0. The molecule has 0 aliphatic heterocycles. The number of hydrogen-bond acceptors (Lipinski definition) is 1. The molecule has 0 N–H and O–H groups in total. The third-order valence-corrected chi connectivity index (χ3v) is 10.4. The van der Waals surface area contributed by atoms with Crippen LogP contribution in [-0.2, 0) is 4.79 Å². The quantitative estimate of drug-likeness (QED) is 0.434. The SMILES string of the molecule is C=C(CC[C@@H](C)[C@H]1CC[C@H]2[C@@H]3CC=C4CC(=O)CC[C@]4(C)[C@H]3CC[C@]12C)C(C)C. The first-order valence-corrected chi connectivity index (χ1v) is 12.6. The monoisotopic (exact) mass is 396 g/mol. The highest BCUT2D eigenvalue weighted by Gasteiger charge is 2.59. The molecule has 4 aliphatic rings. The van der Waals surface area contributed by atoms with Crippen LogP contribution >= 0.6 is 0 Å². The first-order valence-electron chi connectivity index (χ1n) is 12.6. The summed E-state index contributed by atoms with van der Waals surface area (Å²) in [4.78, 5) is 12.1. The molecule has 0 saturated heterocycles. The van der Waals surface area contributed by atoms with Crippen LogP contribution in [0.15, 0.2) is 23.8 Å². The van der Waals surface area contributed by atoms with Crippen molar-refractivity contribution in [2.24, 2.45) is 46.3 Å². The minimum atomic E-state index is 0.316. The van der Waals surface area contributed by atoms with Crippen LogP contribution in [0.5, 0.6) is 0 Å². The molecule has 7 atom stereocenters. The summed E-state index contributed by atoms with van der Waals surface area (Å²) in [6.07, 6.45) is 14.7. The minimum Gasteiger partial charge on any atom is -0.299 e. The van der Waals surface area contributed by atoms with Gasteiger partial charge in [0.1, 0.15) is 5.78 Å². The van der Waals surface area contributed by atoms with Crippen LogP contribution in [0.25, 0.3) is 0 Å². The first kappa shape index (κ1) is 21.4. The molecule has 0 spiro atoms. The molecule has 3 fully saturated rings. The molecule has 0 aromatic rings. The third kappa shape index (κ3) is 3.49. The molecule has 4 aliphatic carbocycles. The lowest BCUT2D eigenvalue weighted by molar-refractivity contribution is -0.122. The molecule has 29 heavy (non-hydrogen) atoms. The highest BCUT2D eigenvalue weighted by atomic mass is 16.1. The highest BCUT2D eigenvalue weighted by Crippen LogP contribution is 2.67. The Kier molecular flexibility index (Phi) is 5.67. The molecule has 1 nitrogen and oxygen atoms in total. The molecule has 3 saturated carbocycles. The molecule has 1 heteroatoms. The fourth-order valence-electron chi connectivity index (χ4n) is 8.36. The second-order valence-electron chi connectivity index (χ2n) is 12.0. The van der Waals surface area contributed by atoms with E-state index >= 15 is 0 Å². The smallest absolute Gasteiger partial charge is 0.136 e. The van der Waals surface area contributed by atoms with E-state index in [9.17, 15) is 4.79 Å². The van der Waals surface area contributed by atoms with E-state index in [4.69, 9.17) is 0 Å². The van der Waals surface area contributed by atoms with Crippen LogP contribution in [0, 0.1) is 46.3 Å². The van der Waals surface area contributed by atoms with E-state index in [1.54, 1.807) is 0 Å². The minimum absolute atomic E-state index is 0.316. The lowest BCUT2D eigenvalue weighted by atomic mass is 9.47. The van der Waals surface area contributed by atoms with Gasteiger partial charge in [0.2, 0.25) is 0 Å². The van der Waals surface area contributed by atoms with Crippen molar-refractivity contribution in [3.63, 3.8) is 0 Å². The third-order valence-electron chi connectivity index (χ3n) is 10.4. The van der Waals surface area contributed by atoms with Crippen LogP contribution in [0.3, 0.4) is 0 Å².